The maximum atomic E-state index is 11.1. The highest BCUT2D eigenvalue weighted by Gasteiger charge is 2.18. The predicted molar refractivity (Wildman–Crippen MR) is 72.5 cm³/mol. The van der Waals surface area contributed by atoms with Crippen LogP contribution in [-0.2, 0) is 0 Å². The lowest BCUT2D eigenvalue weighted by molar-refractivity contribution is 0.0701. The second-order valence-corrected chi connectivity index (χ2v) is 5.22. The maximum Gasteiger partial charge on any atom is 0.346 e. The third-order valence-electron chi connectivity index (χ3n) is 2.92. The van der Waals surface area contributed by atoms with Gasteiger partial charge in [-0.3, -0.25) is 0 Å². The van der Waals surface area contributed by atoms with Gasteiger partial charge < -0.3 is 10.4 Å². The van der Waals surface area contributed by atoms with Crippen molar-refractivity contribution in [2.75, 3.05) is 5.32 Å². The van der Waals surface area contributed by atoms with Crippen LogP contribution in [0.2, 0.25) is 0 Å². The summed E-state index contributed by atoms with van der Waals surface area (Å²) in [5, 5.41) is 13.2. The molecule has 0 aliphatic heterocycles. The molecule has 6 heteroatoms. The minimum Gasteiger partial charge on any atom is -0.477 e. The van der Waals surface area contributed by atoms with Crippen molar-refractivity contribution < 1.29 is 9.90 Å². The van der Waals surface area contributed by atoms with E-state index in [1.54, 1.807) is 6.92 Å². The topological polar surface area (TPSA) is 75.1 Å². The number of carbonyl (C=O) groups is 1. The second-order valence-electron chi connectivity index (χ2n) is 4.22. The van der Waals surface area contributed by atoms with Crippen LogP contribution in [0.3, 0.4) is 0 Å². The summed E-state index contributed by atoms with van der Waals surface area (Å²) >= 11 is 1.19. The van der Waals surface area contributed by atoms with Crippen molar-refractivity contribution in [2.45, 2.75) is 33.2 Å². The zero-order valence-electron chi connectivity index (χ0n) is 10.5. The van der Waals surface area contributed by atoms with Crippen molar-refractivity contribution in [3.05, 3.63) is 16.8 Å². The smallest absolute Gasteiger partial charge is 0.346 e. The van der Waals surface area contributed by atoms with Crippen LogP contribution in [0.1, 0.15) is 35.5 Å². The van der Waals surface area contributed by atoms with E-state index >= 15 is 0 Å². The quantitative estimate of drug-likeness (QED) is 0.889. The fourth-order valence-electron chi connectivity index (χ4n) is 1.72. The zero-order chi connectivity index (χ0) is 13.3. The molecule has 0 bridgehead atoms. The van der Waals surface area contributed by atoms with Crippen molar-refractivity contribution >= 4 is 33.3 Å². The molecule has 0 saturated heterocycles. The molecule has 0 aliphatic rings. The van der Waals surface area contributed by atoms with Crippen molar-refractivity contribution in [1.82, 2.24) is 9.97 Å². The van der Waals surface area contributed by atoms with Crippen LogP contribution in [-0.4, -0.2) is 27.1 Å². The average Bonchev–Trinajstić information content (AvgIpc) is 2.68. The Balaban J connectivity index is 2.57. The molecule has 2 rings (SSSR count). The first-order valence-corrected chi connectivity index (χ1v) is 6.60. The van der Waals surface area contributed by atoms with Gasteiger partial charge in [0.2, 0.25) is 0 Å². The predicted octanol–water partition coefficient (Wildman–Crippen LogP) is 2.91. The molecule has 2 heterocycles. The number of thiophene rings is 1. The number of hydrogen-bond donors (Lipinski definition) is 2. The normalized spacial score (nSPS) is 12.6. The minimum absolute atomic E-state index is 0.288. The van der Waals surface area contributed by atoms with Crippen LogP contribution in [0, 0.1) is 6.92 Å². The molecule has 5 nitrogen and oxygen atoms in total. The number of nitrogens with one attached hydrogen (secondary N) is 1. The average molecular weight is 265 g/mol. The molecule has 1 atom stereocenters. The van der Waals surface area contributed by atoms with Crippen LogP contribution in [0.15, 0.2) is 6.33 Å². The fourth-order valence-corrected chi connectivity index (χ4v) is 2.71. The largest absolute Gasteiger partial charge is 0.477 e. The van der Waals surface area contributed by atoms with E-state index in [0.717, 1.165) is 23.2 Å². The van der Waals surface area contributed by atoms with Gasteiger partial charge in [-0.1, -0.05) is 6.92 Å². The third-order valence-corrected chi connectivity index (χ3v) is 4.10. The first-order valence-electron chi connectivity index (χ1n) is 5.78. The van der Waals surface area contributed by atoms with Gasteiger partial charge in [-0.2, -0.15) is 0 Å². The van der Waals surface area contributed by atoms with Gasteiger partial charge in [0.05, 0.1) is 5.39 Å². The lowest BCUT2D eigenvalue weighted by atomic mass is 10.2. The number of aromatic carboxylic acids is 1. The highest BCUT2D eigenvalue weighted by molar-refractivity contribution is 7.20. The van der Waals surface area contributed by atoms with Gasteiger partial charge >= 0.3 is 5.97 Å². The number of aryl methyl sites for hydroxylation is 1. The Morgan fingerprint density at radius 1 is 1.56 bits per heavy atom. The van der Waals surface area contributed by atoms with E-state index in [0.29, 0.717) is 9.71 Å². The molecular formula is C12H15N3O2S. The van der Waals surface area contributed by atoms with Gasteiger partial charge in [-0.25, -0.2) is 14.8 Å². The summed E-state index contributed by atoms with van der Waals surface area (Å²) in [4.78, 5) is 20.5. The van der Waals surface area contributed by atoms with Gasteiger partial charge in [-0.05, 0) is 25.8 Å². The molecule has 0 fully saturated rings. The fraction of sp³-hybridized carbons (Fsp3) is 0.417. The van der Waals surface area contributed by atoms with Crippen molar-refractivity contribution in [1.29, 1.82) is 0 Å². The molecule has 96 valence electrons. The Labute approximate surface area is 109 Å². The summed E-state index contributed by atoms with van der Waals surface area (Å²) < 4.78 is 0. The molecule has 0 radical (unpaired) electrons. The van der Waals surface area contributed by atoms with Gasteiger partial charge in [0.25, 0.3) is 0 Å². The van der Waals surface area contributed by atoms with Crippen LogP contribution in [0.4, 0.5) is 5.82 Å². The lowest BCUT2D eigenvalue weighted by Crippen LogP contribution is -2.14. The van der Waals surface area contributed by atoms with Crippen molar-refractivity contribution in [3.63, 3.8) is 0 Å². The summed E-state index contributed by atoms with van der Waals surface area (Å²) in [6, 6.07) is 0.288. The van der Waals surface area contributed by atoms with Gasteiger partial charge in [-0.15, -0.1) is 11.3 Å². The first kappa shape index (κ1) is 12.8. The van der Waals surface area contributed by atoms with Gasteiger partial charge in [0.1, 0.15) is 21.9 Å². The number of nitrogens with zero attached hydrogens (tertiary/aromatic N) is 2. The Bertz CT molecular complexity index is 594. The number of fused-ring (bicyclic) bond motifs is 1. The van der Waals surface area contributed by atoms with E-state index in [1.165, 1.54) is 17.7 Å². The number of anilines is 1. The van der Waals surface area contributed by atoms with Crippen LogP contribution >= 0.6 is 11.3 Å². The Morgan fingerprint density at radius 3 is 2.89 bits per heavy atom. The van der Waals surface area contributed by atoms with Crippen molar-refractivity contribution in [3.8, 4) is 0 Å². The molecule has 2 aromatic rings. The van der Waals surface area contributed by atoms with Crippen LogP contribution < -0.4 is 5.32 Å². The third kappa shape index (κ3) is 2.15. The number of carboxylic acids is 1. The van der Waals surface area contributed by atoms with Gasteiger partial charge in [0, 0.05) is 6.04 Å². The number of hydrogen-bond acceptors (Lipinski definition) is 5. The van der Waals surface area contributed by atoms with Gasteiger partial charge in [0.15, 0.2) is 0 Å². The molecule has 2 N–H and O–H groups in total. The number of aromatic nitrogens is 2. The first-order chi connectivity index (χ1) is 8.54. The number of carboxylic acid groups (broad SMARTS) is 1. The highest BCUT2D eigenvalue weighted by Crippen LogP contribution is 2.33. The van der Waals surface area contributed by atoms with E-state index in [-0.39, 0.29) is 6.04 Å². The Morgan fingerprint density at radius 2 is 2.28 bits per heavy atom. The molecule has 0 saturated carbocycles. The second kappa shape index (κ2) is 4.89. The SMILES string of the molecule is CC[C@@H](C)Nc1ncnc2sc(C(=O)O)c(C)c12. The van der Waals surface area contributed by atoms with E-state index in [9.17, 15) is 4.79 Å². The zero-order valence-corrected chi connectivity index (χ0v) is 11.3. The Hall–Kier alpha value is -1.69. The molecule has 0 amide bonds. The summed E-state index contributed by atoms with van der Waals surface area (Å²) in [5.74, 6) is -0.194. The monoisotopic (exact) mass is 265 g/mol. The number of rotatable bonds is 4. The minimum atomic E-state index is -0.912. The van der Waals surface area contributed by atoms with Crippen LogP contribution in [0.25, 0.3) is 10.2 Å². The summed E-state index contributed by atoms with van der Waals surface area (Å²) in [6.07, 6.45) is 2.44. The van der Waals surface area contributed by atoms with Crippen LogP contribution in [0.5, 0.6) is 0 Å². The highest BCUT2D eigenvalue weighted by atomic mass is 32.1. The van der Waals surface area contributed by atoms with E-state index < -0.39 is 5.97 Å². The molecule has 0 aromatic carbocycles. The standard InChI is InChI=1S/C12H15N3O2S/c1-4-6(2)15-10-8-7(3)9(12(16)17)18-11(8)14-5-13-10/h5-6H,4H2,1-3H3,(H,16,17)(H,13,14,15)/t6-/m1/s1. The van der Waals surface area contributed by atoms with E-state index in [2.05, 4.69) is 29.1 Å². The molecule has 0 spiro atoms. The summed E-state index contributed by atoms with van der Waals surface area (Å²) in [5.41, 5.74) is 0.730. The summed E-state index contributed by atoms with van der Waals surface area (Å²) in [6.45, 7) is 5.94. The Kier molecular flexibility index (Phi) is 3.47. The lowest BCUT2D eigenvalue weighted by Gasteiger charge is -2.12. The summed E-state index contributed by atoms with van der Waals surface area (Å²) in [7, 11) is 0. The molecule has 0 aliphatic carbocycles. The maximum absolute atomic E-state index is 11.1. The molecule has 18 heavy (non-hydrogen) atoms. The van der Waals surface area contributed by atoms with E-state index in [4.69, 9.17) is 5.11 Å². The molecular weight excluding hydrogens is 250 g/mol. The van der Waals surface area contributed by atoms with Crippen molar-refractivity contribution in [2.24, 2.45) is 0 Å². The van der Waals surface area contributed by atoms with E-state index in [1.807, 2.05) is 0 Å². The molecule has 0 unspecified atom stereocenters. The molecule has 2 aromatic heterocycles.